The lowest BCUT2D eigenvalue weighted by atomic mass is 10.1. The van der Waals surface area contributed by atoms with Gasteiger partial charge >= 0.3 is 0 Å². The Morgan fingerprint density at radius 1 is 0.806 bits per heavy atom. The predicted octanol–water partition coefficient (Wildman–Crippen LogP) is 4.88. The minimum absolute atomic E-state index is 0.0573. The van der Waals surface area contributed by atoms with Crippen molar-refractivity contribution in [2.45, 2.75) is 6.04 Å². The molecule has 3 aromatic rings. The normalized spacial score (nSPS) is 15.7. The van der Waals surface area contributed by atoms with Gasteiger partial charge < -0.3 is 9.80 Å². The lowest BCUT2D eigenvalue weighted by molar-refractivity contribution is 0.697. The fourth-order valence-corrected chi connectivity index (χ4v) is 3.56. The number of benzene rings is 2. The van der Waals surface area contributed by atoms with Crippen LogP contribution in [0.15, 0.2) is 90.8 Å². The van der Waals surface area contributed by atoms with E-state index in [1.54, 1.807) is 0 Å². The third-order valence-corrected chi connectivity index (χ3v) is 5.38. The first-order valence-corrected chi connectivity index (χ1v) is 10.4. The number of rotatable bonds is 6. The summed E-state index contributed by atoms with van der Waals surface area (Å²) in [4.78, 5) is 8.77. The number of hydrazine groups is 1. The van der Waals surface area contributed by atoms with E-state index in [0.717, 1.165) is 17.1 Å². The Kier molecular flexibility index (Phi) is 5.94. The Morgan fingerprint density at radius 2 is 1.45 bits per heavy atom. The summed E-state index contributed by atoms with van der Waals surface area (Å²) < 4.78 is 0. The number of nitrogens with one attached hydrogen (secondary N) is 1. The second kappa shape index (κ2) is 8.96. The van der Waals surface area contributed by atoms with Crippen LogP contribution in [0.2, 0.25) is 0 Å². The van der Waals surface area contributed by atoms with Crippen molar-refractivity contribution >= 4 is 23.3 Å². The van der Waals surface area contributed by atoms with Crippen LogP contribution in [0.4, 0.5) is 17.2 Å². The van der Waals surface area contributed by atoms with Crippen LogP contribution in [-0.4, -0.2) is 33.2 Å². The number of nitrogens with zero attached hydrogens (tertiary/aromatic N) is 4. The number of hydrogen-bond acceptors (Lipinski definition) is 5. The third kappa shape index (κ3) is 4.72. The van der Waals surface area contributed by atoms with Crippen molar-refractivity contribution in [2.75, 3.05) is 43.0 Å². The minimum atomic E-state index is 0.0573. The molecule has 0 spiro atoms. The second-order valence-electron chi connectivity index (χ2n) is 8.04. The van der Waals surface area contributed by atoms with Crippen LogP contribution in [0.3, 0.4) is 0 Å². The molecule has 0 fully saturated rings. The number of pyridine rings is 1. The zero-order valence-corrected chi connectivity index (χ0v) is 18.5. The van der Waals surface area contributed by atoms with E-state index in [1.807, 2.05) is 24.4 Å². The van der Waals surface area contributed by atoms with Gasteiger partial charge in [-0.2, -0.15) is 0 Å². The molecule has 5 nitrogen and oxygen atoms in total. The minimum Gasteiger partial charge on any atom is -0.378 e. The predicted molar refractivity (Wildman–Crippen MR) is 131 cm³/mol. The highest BCUT2D eigenvalue weighted by molar-refractivity contribution is 5.59. The summed E-state index contributed by atoms with van der Waals surface area (Å²) in [7, 11) is 8.21. The van der Waals surface area contributed by atoms with Crippen molar-refractivity contribution in [2.24, 2.45) is 0 Å². The molecule has 0 radical (unpaired) electrons. The molecule has 1 aromatic heterocycles. The zero-order chi connectivity index (χ0) is 21.8. The van der Waals surface area contributed by atoms with Crippen LogP contribution in [0.5, 0.6) is 0 Å². The molecule has 1 aliphatic rings. The average molecular weight is 412 g/mol. The SMILES string of the molecule is CN(C)c1ccc(C=CC2=CC(c3ccc(N(C)C)cc3)N(c3ccccn3)N2)cc1. The molecular weight excluding hydrogens is 382 g/mol. The summed E-state index contributed by atoms with van der Waals surface area (Å²) in [6, 6.07) is 23.2. The summed E-state index contributed by atoms with van der Waals surface area (Å²) >= 11 is 0. The van der Waals surface area contributed by atoms with Gasteiger partial charge in [0.25, 0.3) is 0 Å². The number of hydrogen-bond donors (Lipinski definition) is 1. The van der Waals surface area contributed by atoms with E-state index in [1.165, 1.54) is 16.9 Å². The Morgan fingerprint density at radius 3 is 2.03 bits per heavy atom. The Hall–Kier alpha value is -3.73. The first-order chi connectivity index (χ1) is 15.0. The number of aromatic nitrogens is 1. The van der Waals surface area contributed by atoms with E-state index in [4.69, 9.17) is 0 Å². The monoisotopic (exact) mass is 411 g/mol. The van der Waals surface area contributed by atoms with E-state index in [2.05, 4.69) is 120 Å². The summed E-state index contributed by atoms with van der Waals surface area (Å²) in [6.07, 6.45) is 8.31. The van der Waals surface area contributed by atoms with Crippen molar-refractivity contribution in [3.8, 4) is 0 Å². The van der Waals surface area contributed by atoms with Crippen molar-refractivity contribution in [3.63, 3.8) is 0 Å². The molecule has 0 bridgehead atoms. The smallest absolute Gasteiger partial charge is 0.147 e. The lowest BCUT2D eigenvalue weighted by Crippen LogP contribution is -2.34. The van der Waals surface area contributed by atoms with Gasteiger partial charge in [0.1, 0.15) is 5.82 Å². The van der Waals surface area contributed by atoms with Gasteiger partial charge in [0.05, 0.1) is 11.7 Å². The topological polar surface area (TPSA) is 34.6 Å². The maximum atomic E-state index is 4.55. The molecule has 1 aliphatic heterocycles. The van der Waals surface area contributed by atoms with E-state index < -0.39 is 0 Å². The highest BCUT2D eigenvalue weighted by Gasteiger charge is 2.26. The van der Waals surface area contributed by atoms with Gasteiger partial charge in [-0.25, -0.2) is 4.98 Å². The van der Waals surface area contributed by atoms with Crippen LogP contribution in [0, 0.1) is 0 Å². The van der Waals surface area contributed by atoms with Crippen LogP contribution in [-0.2, 0) is 0 Å². The van der Waals surface area contributed by atoms with Gasteiger partial charge in [0.15, 0.2) is 0 Å². The molecular formula is C26H29N5. The zero-order valence-electron chi connectivity index (χ0n) is 18.5. The molecule has 0 saturated heterocycles. The highest BCUT2D eigenvalue weighted by Crippen LogP contribution is 2.32. The molecule has 1 atom stereocenters. The van der Waals surface area contributed by atoms with Gasteiger partial charge in [0, 0.05) is 45.8 Å². The van der Waals surface area contributed by atoms with E-state index in [0.29, 0.717) is 0 Å². The summed E-state index contributed by atoms with van der Waals surface area (Å²) in [5, 5.41) is 2.11. The Balaban J connectivity index is 1.60. The van der Waals surface area contributed by atoms with Crippen LogP contribution in [0.25, 0.3) is 6.08 Å². The third-order valence-electron chi connectivity index (χ3n) is 5.38. The molecule has 1 unspecified atom stereocenters. The fraction of sp³-hybridized carbons (Fsp3) is 0.192. The first-order valence-electron chi connectivity index (χ1n) is 10.4. The molecule has 5 heteroatoms. The van der Waals surface area contributed by atoms with Crippen molar-refractivity contribution < 1.29 is 0 Å². The molecule has 158 valence electrons. The molecule has 31 heavy (non-hydrogen) atoms. The molecule has 2 aromatic carbocycles. The van der Waals surface area contributed by atoms with Gasteiger partial charge in [-0.3, -0.25) is 10.4 Å². The molecule has 0 amide bonds. The summed E-state index contributed by atoms with van der Waals surface area (Å²) in [5.41, 5.74) is 9.32. The maximum absolute atomic E-state index is 4.55. The van der Waals surface area contributed by atoms with Gasteiger partial charge in [-0.15, -0.1) is 0 Å². The molecule has 1 N–H and O–H groups in total. The molecule has 0 saturated carbocycles. The average Bonchev–Trinajstić information content (AvgIpc) is 3.23. The first kappa shape index (κ1) is 20.5. The van der Waals surface area contributed by atoms with Crippen LogP contribution in [0.1, 0.15) is 17.2 Å². The van der Waals surface area contributed by atoms with Crippen LogP contribution < -0.4 is 20.2 Å². The van der Waals surface area contributed by atoms with Gasteiger partial charge in [0.2, 0.25) is 0 Å². The summed E-state index contributed by atoms with van der Waals surface area (Å²) in [6.45, 7) is 0. The Bertz CT molecular complexity index is 1050. The van der Waals surface area contributed by atoms with Gasteiger partial charge in [-0.1, -0.05) is 36.4 Å². The van der Waals surface area contributed by atoms with E-state index in [-0.39, 0.29) is 6.04 Å². The standard InChI is InChI=1S/C26H29N5/c1-29(2)23-14-9-20(10-15-23)8-13-22-19-25(21-11-16-24(17-12-21)30(3)4)31(28-22)26-7-5-6-18-27-26/h5-19,25,28H,1-4H3. The van der Waals surface area contributed by atoms with E-state index in [9.17, 15) is 0 Å². The Labute approximate surface area is 184 Å². The lowest BCUT2D eigenvalue weighted by Gasteiger charge is -2.26. The maximum Gasteiger partial charge on any atom is 0.147 e. The second-order valence-corrected chi connectivity index (χ2v) is 8.04. The van der Waals surface area contributed by atoms with Gasteiger partial charge in [-0.05, 0) is 59.7 Å². The molecule has 4 rings (SSSR count). The number of anilines is 3. The van der Waals surface area contributed by atoms with Crippen molar-refractivity contribution in [1.29, 1.82) is 0 Å². The quantitative estimate of drug-likeness (QED) is 0.626. The van der Waals surface area contributed by atoms with Crippen molar-refractivity contribution in [1.82, 2.24) is 10.4 Å². The number of allylic oxidation sites excluding steroid dienone is 1. The summed E-state index contributed by atoms with van der Waals surface area (Å²) in [5.74, 6) is 0.888. The fourth-order valence-electron chi connectivity index (χ4n) is 3.56. The molecule has 0 aliphatic carbocycles. The van der Waals surface area contributed by atoms with Crippen molar-refractivity contribution in [3.05, 3.63) is 102 Å². The molecule has 2 heterocycles. The largest absolute Gasteiger partial charge is 0.378 e. The van der Waals surface area contributed by atoms with E-state index >= 15 is 0 Å². The van der Waals surface area contributed by atoms with Crippen LogP contribution >= 0.6 is 0 Å². The highest BCUT2D eigenvalue weighted by atomic mass is 15.6.